The Bertz CT molecular complexity index is 651. The summed E-state index contributed by atoms with van der Waals surface area (Å²) in [5.74, 6) is 0.938. The molecule has 5 N–H and O–H groups in total. The molecule has 0 saturated heterocycles. The highest BCUT2D eigenvalue weighted by Crippen LogP contribution is 2.15. The maximum Gasteiger partial charge on any atom is 0.236 e. The lowest BCUT2D eigenvalue weighted by atomic mass is 10.0. The molecular formula is C18H27N5O. The van der Waals surface area contributed by atoms with Gasteiger partial charge in [0.1, 0.15) is 5.82 Å². The number of hydrogen-bond donors (Lipinski definition) is 3. The van der Waals surface area contributed by atoms with Crippen molar-refractivity contribution in [2.24, 2.45) is 11.7 Å². The van der Waals surface area contributed by atoms with Gasteiger partial charge >= 0.3 is 0 Å². The number of nitrogens with zero attached hydrogens (tertiary/aromatic N) is 2. The van der Waals surface area contributed by atoms with Crippen LogP contribution in [0.25, 0.3) is 5.69 Å². The fraction of sp³-hybridized carbons (Fsp3) is 0.444. The molecule has 6 heteroatoms. The van der Waals surface area contributed by atoms with Crippen molar-refractivity contribution >= 4 is 11.7 Å². The fourth-order valence-electron chi connectivity index (χ4n) is 2.57. The van der Waals surface area contributed by atoms with Crippen LogP contribution in [0, 0.1) is 5.92 Å². The van der Waals surface area contributed by atoms with Gasteiger partial charge in [0.05, 0.1) is 17.4 Å². The molecule has 0 aliphatic heterocycles. The average Bonchev–Trinajstić information content (AvgIpc) is 2.92. The monoisotopic (exact) mass is 329 g/mol. The number of carbonyl (C=O) groups excluding carboxylic acids is 1. The Morgan fingerprint density at radius 2 is 2.00 bits per heavy atom. The van der Waals surface area contributed by atoms with E-state index in [4.69, 9.17) is 11.5 Å². The van der Waals surface area contributed by atoms with Crippen LogP contribution in [0.5, 0.6) is 0 Å². The van der Waals surface area contributed by atoms with E-state index in [0.717, 1.165) is 24.2 Å². The summed E-state index contributed by atoms with van der Waals surface area (Å²) in [6.07, 6.45) is 2.25. The van der Waals surface area contributed by atoms with Crippen LogP contribution in [0.2, 0.25) is 0 Å². The Labute approximate surface area is 143 Å². The zero-order chi connectivity index (χ0) is 17.5. The van der Waals surface area contributed by atoms with E-state index < -0.39 is 6.04 Å². The van der Waals surface area contributed by atoms with Crippen LogP contribution in [0.4, 0.5) is 5.82 Å². The SMILES string of the molecule is CC(C)C[C@H](N)C(=O)NCCCc1cc(N)n(-c2ccccc2)n1. The van der Waals surface area contributed by atoms with Crippen LogP contribution in [0.1, 0.15) is 32.4 Å². The van der Waals surface area contributed by atoms with Crippen LogP contribution < -0.4 is 16.8 Å². The maximum absolute atomic E-state index is 11.9. The standard InChI is InChI=1S/C18H27N5O/c1-13(2)11-16(19)18(24)21-10-6-7-14-12-17(20)23(22-14)15-8-4-3-5-9-15/h3-5,8-9,12-13,16H,6-7,10-11,19-20H2,1-2H3,(H,21,24)/t16-/m0/s1. The molecule has 0 spiro atoms. The minimum atomic E-state index is -0.432. The van der Waals surface area contributed by atoms with Gasteiger partial charge in [-0.3, -0.25) is 4.79 Å². The first-order valence-corrected chi connectivity index (χ1v) is 8.40. The van der Waals surface area contributed by atoms with Crippen molar-refractivity contribution in [1.82, 2.24) is 15.1 Å². The van der Waals surface area contributed by atoms with Gasteiger partial charge in [-0.1, -0.05) is 32.0 Å². The van der Waals surface area contributed by atoms with Gasteiger partial charge in [-0.2, -0.15) is 5.10 Å². The first kappa shape index (κ1) is 18.0. The highest BCUT2D eigenvalue weighted by atomic mass is 16.2. The van der Waals surface area contributed by atoms with Gasteiger partial charge in [-0.15, -0.1) is 0 Å². The van der Waals surface area contributed by atoms with Crippen LogP contribution >= 0.6 is 0 Å². The number of nitrogens with two attached hydrogens (primary N) is 2. The summed E-state index contributed by atoms with van der Waals surface area (Å²) in [4.78, 5) is 11.9. The maximum atomic E-state index is 11.9. The fourth-order valence-corrected chi connectivity index (χ4v) is 2.57. The number of benzene rings is 1. The van der Waals surface area contributed by atoms with Gasteiger partial charge < -0.3 is 16.8 Å². The number of carbonyl (C=O) groups is 1. The number of para-hydroxylation sites is 1. The van der Waals surface area contributed by atoms with Crippen molar-refractivity contribution in [3.63, 3.8) is 0 Å². The molecule has 1 atom stereocenters. The van der Waals surface area contributed by atoms with Gasteiger partial charge in [0.2, 0.25) is 5.91 Å². The molecular weight excluding hydrogens is 302 g/mol. The van der Waals surface area contributed by atoms with E-state index in [0.29, 0.717) is 24.7 Å². The number of aryl methyl sites for hydroxylation is 1. The van der Waals surface area contributed by atoms with Crippen molar-refractivity contribution in [3.05, 3.63) is 42.1 Å². The molecule has 0 unspecified atom stereocenters. The predicted octanol–water partition coefficient (Wildman–Crippen LogP) is 1.88. The number of amides is 1. The second-order valence-electron chi connectivity index (χ2n) is 6.44. The highest BCUT2D eigenvalue weighted by molar-refractivity contribution is 5.81. The molecule has 0 aliphatic carbocycles. The van der Waals surface area contributed by atoms with Crippen LogP contribution in [0.15, 0.2) is 36.4 Å². The van der Waals surface area contributed by atoms with Crippen molar-refractivity contribution in [1.29, 1.82) is 0 Å². The minimum Gasteiger partial charge on any atom is -0.384 e. The van der Waals surface area contributed by atoms with E-state index in [1.54, 1.807) is 4.68 Å². The highest BCUT2D eigenvalue weighted by Gasteiger charge is 2.14. The van der Waals surface area contributed by atoms with Crippen molar-refractivity contribution in [2.45, 2.75) is 39.2 Å². The van der Waals surface area contributed by atoms with E-state index in [2.05, 4.69) is 24.3 Å². The van der Waals surface area contributed by atoms with E-state index in [1.807, 2.05) is 36.4 Å². The molecule has 0 radical (unpaired) electrons. The van der Waals surface area contributed by atoms with Crippen LogP contribution in [-0.4, -0.2) is 28.3 Å². The summed E-state index contributed by atoms with van der Waals surface area (Å²) >= 11 is 0. The predicted molar refractivity (Wildman–Crippen MR) is 96.7 cm³/mol. The van der Waals surface area contributed by atoms with Crippen LogP contribution in [0.3, 0.4) is 0 Å². The second-order valence-corrected chi connectivity index (χ2v) is 6.44. The molecule has 0 fully saturated rings. The summed E-state index contributed by atoms with van der Waals surface area (Å²) in [7, 11) is 0. The average molecular weight is 329 g/mol. The van der Waals surface area contributed by atoms with Gasteiger partial charge in [0, 0.05) is 12.6 Å². The lowest BCUT2D eigenvalue weighted by molar-refractivity contribution is -0.122. The van der Waals surface area contributed by atoms with Crippen molar-refractivity contribution in [2.75, 3.05) is 12.3 Å². The van der Waals surface area contributed by atoms with Gasteiger partial charge in [0.15, 0.2) is 0 Å². The lowest BCUT2D eigenvalue weighted by Crippen LogP contribution is -2.41. The molecule has 0 aliphatic rings. The molecule has 24 heavy (non-hydrogen) atoms. The molecule has 2 aromatic rings. The summed E-state index contributed by atoms with van der Waals surface area (Å²) in [6.45, 7) is 4.70. The number of nitrogens with one attached hydrogen (secondary N) is 1. The lowest BCUT2D eigenvalue weighted by Gasteiger charge is -2.13. The normalized spacial score (nSPS) is 12.3. The Morgan fingerprint density at radius 1 is 1.29 bits per heavy atom. The number of rotatable bonds is 8. The van der Waals surface area contributed by atoms with E-state index in [9.17, 15) is 4.79 Å². The van der Waals surface area contributed by atoms with Crippen molar-refractivity contribution in [3.8, 4) is 5.69 Å². The first-order valence-electron chi connectivity index (χ1n) is 8.40. The first-order chi connectivity index (χ1) is 11.5. The van der Waals surface area contributed by atoms with Gasteiger partial charge in [0.25, 0.3) is 0 Å². The number of nitrogen functional groups attached to an aromatic ring is 1. The Balaban J connectivity index is 1.80. The smallest absolute Gasteiger partial charge is 0.236 e. The minimum absolute atomic E-state index is 0.0852. The zero-order valence-electron chi connectivity index (χ0n) is 14.4. The molecule has 6 nitrogen and oxygen atoms in total. The van der Waals surface area contributed by atoms with E-state index >= 15 is 0 Å². The van der Waals surface area contributed by atoms with E-state index in [-0.39, 0.29) is 5.91 Å². The second kappa shape index (κ2) is 8.49. The number of anilines is 1. The molecule has 0 bridgehead atoms. The topological polar surface area (TPSA) is 99.0 Å². The zero-order valence-corrected chi connectivity index (χ0v) is 14.4. The summed E-state index contributed by atoms with van der Waals surface area (Å²) < 4.78 is 1.73. The molecule has 1 heterocycles. The van der Waals surface area contributed by atoms with Gasteiger partial charge in [-0.05, 0) is 37.3 Å². The molecule has 1 aromatic carbocycles. The third-order valence-corrected chi connectivity index (χ3v) is 3.76. The summed E-state index contributed by atoms with van der Waals surface area (Å²) in [5.41, 5.74) is 13.7. The largest absolute Gasteiger partial charge is 0.384 e. The molecule has 1 amide bonds. The summed E-state index contributed by atoms with van der Waals surface area (Å²) in [5, 5.41) is 7.41. The molecule has 1 aromatic heterocycles. The van der Waals surface area contributed by atoms with E-state index in [1.165, 1.54) is 0 Å². The summed E-state index contributed by atoms with van der Waals surface area (Å²) in [6, 6.07) is 11.2. The third-order valence-electron chi connectivity index (χ3n) is 3.76. The number of aromatic nitrogens is 2. The quantitative estimate of drug-likeness (QED) is 0.644. The Morgan fingerprint density at radius 3 is 2.67 bits per heavy atom. The Kier molecular flexibility index (Phi) is 6.37. The molecule has 130 valence electrons. The molecule has 0 saturated carbocycles. The third kappa shape index (κ3) is 5.09. The number of hydrogen-bond acceptors (Lipinski definition) is 4. The molecule has 2 rings (SSSR count). The van der Waals surface area contributed by atoms with Crippen molar-refractivity contribution < 1.29 is 4.79 Å². The van der Waals surface area contributed by atoms with Gasteiger partial charge in [-0.25, -0.2) is 4.68 Å². The Hall–Kier alpha value is -2.34. The van der Waals surface area contributed by atoms with Crippen LogP contribution in [-0.2, 0) is 11.2 Å².